The van der Waals surface area contributed by atoms with E-state index in [9.17, 15) is 4.79 Å². The van der Waals surface area contributed by atoms with E-state index in [2.05, 4.69) is 37.4 Å². The van der Waals surface area contributed by atoms with E-state index >= 15 is 0 Å². The fraction of sp³-hybridized carbons (Fsp3) is 0.588. The Bertz CT molecular complexity index is 462. The molecule has 0 aliphatic carbocycles. The standard InChI is InChI=1S/C17H26N2O/c1-13-8-9-16(14(2)12-13)18-15(3)17(20)19-10-6-4-5-7-11-19/h8-9,12,15,18H,4-7,10-11H2,1-3H3. The summed E-state index contributed by atoms with van der Waals surface area (Å²) in [6, 6.07) is 6.13. The highest BCUT2D eigenvalue weighted by Gasteiger charge is 2.21. The van der Waals surface area contributed by atoms with Crippen LogP contribution in [0.2, 0.25) is 0 Å². The van der Waals surface area contributed by atoms with Crippen LogP contribution in [0.5, 0.6) is 0 Å². The van der Waals surface area contributed by atoms with Crippen LogP contribution in [0, 0.1) is 13.8 Å². The third-order valence-electron chi connectivity index (χ3n) is 4.04. The van der Waals surface area contributed by atoms with Crippen molar-refractivity contribution < 1.29 is 4.79 Å². The van der Waals surface area contributed by atoms with Crippen molar-refractivity contribution in [3.63, 3.8) is 0 Å². The molecule has 3 heteroatoms. The van der Waals surface area contributed by atoms with Gasteiger partial charge in [-0.1, -0.05) is 30.5 Å². The number of carbonyl (C=O) groups is 1. The van der Waals surface area contributed by atoms with Crippen LogP contribution in [0.4, 0.5) is 5.69 Å². The number of hydrogen-bond donors (Lipinski definition) is 1. The van der Waals surface area contributed by atoms with Crippen molar-refractivity contribution in [1.29, 1.82) is 0 Å². The molecule has 1 heterocycles. The van der Waals surface area contributed by atoms with Crippen LogP contribution in [0.3, 0.4) is 0 Å². The number of likely N-dealkylation sites (tertiary alicyclic amines) is 1. The van der Waals surface area contributed by atoms with Crippen molar-refractivity contribution in [3.05, 3.63) is 29.3 Å². The van der Waals surface area contributed by atoms with Gasteiger partial charge < -0.3 is 10.2 Å². The van der Waals surface area contributed by atoms with E-state index in [1.807, 2.05) is 11.8 Å². The molecule has 0 radical (unpaired) electrons. The zero-order valence-electron chi connectivity index (χ0n) is 12.9. The van der Waals surface area contributed by atoms with Crippen LogP contribution in [-0.4, -0.2) is 29.9 Å². The highest BCUT2D eigenvalue weighted by atomic mass is 16.2. The number of benzene rings is 1. The van der Waals surface area contributed by atoms with E-state index in [4.69, 9.17) is 0 Å². The van der Waals surface area contributed by atoms with Gasteiger partial charge in [-0.15, -0.1) is 0 Å². The molecular formula is C17H26N2O. The first-order valence-corrected chi connectivity index (χ1v) is 7.70. The smallest absolute Gasteiger partial charge is 0.244 e. The maximum absolute atomic E-state index is 12.5. The highest BCUT2D eigenvalue weighted by Crippen LogP contribution is 2.18. The van der Waals surface area contributed by atoms with E-state index in [0.29, 0.717) is 0 Å². The van der Waals surface area contributed by atoms with Gasteiger partial charge in [0.2, 0.25) is 5.91 Å². The van der Waals surface area contributed by atoms with Crippen molar-refractivity contribution in [2.75, 3.05) is 18.4 Å². The number of rotatable bonds is 3. The summed E-state index contributed by atoms with van der Waals surface area (Å²) in [7, 11) is 0. The van der Waals surface area contributed by atoms with Crippen LogP contribution in [0.1, 0.15) is 43.7 Å². The Kier molecular flexibility index (Phi) is 5.05. The van der Waals surface area contributed by atoms with Gasteiger partial charge >= 0.3 is 0 Å². The Morgan fingerprint density at radius 2 is 1.80 bits per heavy atom. The fourth-order valence-electron chi connectivity index (χ4n) is 2.84. The lowest BCUT2D eigenvalue weighted by Crippen LogP contribution is -2.41. The summed E-state index contributed by atoms with van der Waals surface area (Å²) in [6.07, 6.45) is 4.79. The van der Waals surface area contributed by atoms with E-state index in [-0.39, 0.29) is 11.9 Å². The Morgan fingerprint density at radius 3 is 2.40 bits per heavy atom. The second-order valence-corrected chi connectivity index (χ2v) is 5.92. The molecule has 1 saturated heterocycles. The van der Waals surface area contributed by atoms with Crippen LogP contribution in [0.15, 0.2) is 18.2 Å². The van der Waals surface area contributed by atoms with Crippen molar-refractivity contribution >= 4 is 11.6 Å². The molecule has 1 N–H and O–H groups in total. The minimum atomic E-state index is -0.158. The zero-order chi connectivity index (χ0) is 14.5. The monoisotopic (exact) mass is 274 g/mol. The first-order chi connectivity index (χ1) is 9.58. The molecule has 1 aromatic rings. The van der Waals surface area contributed by atoms with Crippen molar-refractivity contribution in [1.82, 2.24) is 4.90 Å². The van der Waals surface area contributed by atoms with Gasteiger partial charge in [-0.05, 0) is 45.2 Å². The van der Waals surface area contributed by atoms with Gasteiger partial charge in [0.1, 0.15) is 6.04 Å². The van der Waals surface area contributed by atoms with Crippen LogP contribution >= 0.6 is 0 Å². The Labute approximate surface area is 122 Å². The summed E-state index contributed by atoms with van der Waals surface area (Å²) >= 11 is 0. The number of nitrogens with one attached hydrogen (secondary N) is 1. The topological polar surface area (TPSA) is 32.3 Å². The molecular weight excluding hydrogens is 248 g/mol. The molecule has 1 aromatic carbocycles. The fourth-order valence-corrected chi connectivity index (χ4v) is 2.84. The van der Waals surface area contributed by atoms with Crippen molar-refractivity contribution in [2.45, 2.75) is 52.5 Å². The van der Waals surface area contributed by atoms with E-state index in [0.717, 1.165) is 31.6 Å². The van der Waals surface area contributed by atoms with E-state index in [1.54, 1.807) is 0 Å². The molecule has 0 bridgehead atoms. The Balaban J connectivity index is 1.99. The summed E-state index contributed by atoms with van der Waals surface area (Å²) in [4.78, 5) is 14.5. The van der Waals surface area contributed by atoms with Gasteiger partial charge in [-0.3, -0.25) is 4.79 Å². The van der Waals surface area contributed by atoms with Crippen molar-refractivity contribution in [2.24, 2.45) is 0 Å². The molecule has 1 amide bonds. The number of anilines is 1. The average molecular weight is 274 g/mol. The first-order valence-electron chi connectivity index (χ1n) is 7.70. The Hall–Kier alpha value is -1.51. The summed E-state index contributed by atoms with van der Waals surface area (Å²) in [6.45, 7) is 7.96. The molecule has 0 spiro atoms. The molecule has 1 aliphatic rings. The molecule has 1 unspecified atom stereocenters. The van der Waals surface area contributed by atoms with Gasteiger partial charge in [0, 0.05) is 18.8 Å². The molecule has 2 rings (SSSR count). The maximum Gasteiger partial charge on any atom is 0.244 e. The number of carbonyl (C=O) groups excluding carboxylic acids is 1. The number of aryl methyl sites for hydroxylation is 2. The minimum Gasteiger partial charge on any atom is -0.374 e. The average Bonchev–Trinajstić information content (AvgIpc) is 2.70. The molecule has 1 aliphatic heterocycles. The summed E-state index contributed by atoms with van der Waals surface area (Å²) in [5.41, 5.74) is 3.51. The second kappa shape index (κ2) is 6.78. The normalized spacial score (nSPS) is 17.4. The predicted octanol–water partition coefficient (Wildman–Crippen LogP) is 3.51. The van der Waals surface area contributed by atoms with Crippen LogP contribution in [-0.2, 0) is 4.79 Å². The van der Waals surface area contributed by atoms with Crippen LogP contribution in [0.25, 0.3) is 0 Å². The first kappa shape index (κ1) is 14.9. The third-order valence-corrected chi connectivity index (χ3v) is 4.04. The molecule has 0 aromatic heterocycles. The Morgan fingerprint density at radius 1 is 1.15 bits per heavy atom. The molecule has 20 heavy (non-hydrogen) atoms. The quantitative estimate of drug-likeness (QED) is 0.915. The van der Waals surface area contributed by atoms with Crippen LogP contribution < -0.4 is 5.32 Å². The van der Waals surface area contributed by atoms with Gasteiger partial charge in [0.25, 0.3) is 0 Å². The molecule has 110 valence electrons. The highest BCUT2D eigenvalue weighted by molar-refractivity contribution is 5.84. The SMILES string of the molecule is Cc1ccc(NC(C)C(=O)N2CCCCCC2)c(C)c1. The maximum atomic E-state index is 12.5. The van der Waals surface area contributed by atoms with Gasteiger partial charge in [-0.2, -0.15) is 0 Å². The third kappa shape index (κ3) is 3.75. The lowest BCUT2D eigenvalue weighted by atomic mass is 10.1. The van der Waals surface area contributed by atoms with E-state index in [1.165, 1.54) is 24.0 Å². The van der Waals surface area contributed by atoms with Gasteiger partial charge in [0.15, 0.2) is 0 Å². The predicted molar refractivity (Wildman–Crippen MR) is 84.0 cm³/mol. The second-order valence-electron chi connectivity index (χ2n) is 5.92. The summed E-state index contributed by atoms with van der Waals surface area (Å²) in [5.74, 6) is 0.229. The molecule has 1 fully saturated rings. The molecule has 0 saturated carbocycles. The number of hydrogen-bond acceptors (Lipinski definition) is 2. The number of nitrogens with zero attached hydrogens (tertiary/aromatic N) is 1. The lowest BCUT2D eigenvalue weighted by Gasteiger charge is -2.25. The summed E-state index contributed by atoms with van der Waals surface area (Å²) < 4.78 is 0. The molecule has 1 atom stereocenters. The van der Waals surface area contributed by atoms with Gasteiger partial charge in [0.05, 0.1) is 0 Å². The largest absolute Gasteiger partial charge is 0.374 e. The zero-order valence-corrected chi connectivity index (χ0v) is 12.9. The lowest BCUT2D eigenvalue weighted by molar-refractivity contribution is -0.131. The minimum absolute atomic E-state index is 0.158. The van der Waals surface area contributed by atoms with Crippen molar-refractivity contribution in [3.8, 4) is 0 Å². The number of amides is 1. The van der Waals surface area contributed by atoms with Gasteiger partial charge in [-0.25, -0.2) is 0 Å². The molecule has 3 nitrogen and oxygen atoms in total. The summed E-state index contributed by atoms with van der Waals surface area (Å²) in [5, 5.41) is 3.36. The van der Waals surface area contributed by atoms with E-state index < -0.39 is 0 Å².